The molecule has 1 amide bonds. The second-order valence-corrected chi connectivity index (χ2v) is 5.96. The largest absolute Gasteiger partial charge is 0.343 e. The first-order valence-electron chi connectivity index (χ1n) is 6.46. The van der Waals surface area contributed by atoms with E-state index in [4.69, 9.17) is 0 Å². The van der Waals surface area contributed by atoms with Gasteiger partial charge in [0.15, 0.2) is 0 Å². The van der Waals surface area contributed by atoms with E-state index in [0.29, 0.717) is 5.92 Å². The Hall–Kier alpha value is -1.95. The fraction of sp³-hybridized carbons (Fsp3) is 0.357. The van der Waals surface area contributed by atoms with Gasteiger partial charge in [-0.05, 0) is 29.9 Å². The summed E-state index contributed by atoms with van der Waals surface area (Å²) in [6.45, 7) is 4.23. The maximum absolute atomic E-state index is 12.2. The van der Waals surface area contributed by atoms with Crippen molar-refractivity contribution in [2.75, 3.05) is 0 Å². The van der Waals surface area contributed by atoms with Gasteiger partial charge in [0.1, 0.15) is 5.69 Å². The number of H-pyrrole nitrogens is 1. The number of amides is 1. The molecule has 0 aliphatic rings. The van der Waals surface area contributed by atoms with Crippen LogP contribution in [0.2, 0.25) is 0 Å². The highest BCUT2D eigenvalue weighted by Crippen LogP contribution is 2.25. The van der Waals surface area contributed by atoms with Gasteiger partial charge in [0.05, 0.1) is 6.04 Å². The maximum Gasteiger partial charge on any atom is 0.272 e. The van der Waals surface area contributed by atoms with Crippen molar-refractivity contribution in [2.45, 2.75) is 26.3 Å². The summed E-state index contributed by atoms with van der Waals surface area (Å²) in [5.41, 5.74) is -0.103. The lowest BCUT2D eigenvalue weighted by atomic mass is 10.0. The third-order valence-corrected chi connectivity index (χ3v) is 3.80. The molecule has 0 aliphatic carbocycles. The van der Waals surface area contributed by atoms with E-state index in [9.17, 15) is 9.59 Å². The number of hydrogen-bond donors (Lipinski definition) is 2. The molecule has 0 radical (unpaired) electrons. The lowest BCUT2D eigenvalue weighted by molar-refractivity contribution is 0.0926. The molecule has 2 rings (SSSR count). The van der Waals surface area contributed by atoms with E-state index in [-0.39, 0.29) is 23.2 Å². The number of nitrogens with zero attached hydrogens (tertiary/aromatic N) is 1. The summed E-state index contributed by atoms with van der Waals surface area (Å²) < 4.78 is 0. The van der Waals surface area contributed by atoms with Gasteiger partial charge in [0.2, 0.25) is 0 Å². The van der Waals surface area contributed by atoms with Crippen LogP contribution >= 0.6 is 11.3 Å². The number of carbonyl (C=O) groups is 1. The number of carbonyl (C=O) groups excluding carboxylic acids is 1. The van der Waals surface area contributed by atoms with Crippen molar-refractivity contribution < 1.29 is 4.79 Å². The summed E-state index contributed by atoms with van der Waals surface area (Å²) in [6.07, 6.45) is 0.857. The zero-order chi connectivity index (χ0) is 14.5. The summed E-state index contributed by atoms with van der Waals surface area (Å²) >= 11 is 1.62. The fourth-order valence-corrected chi connectivity index (χ4v) is 2.70. The van der Waals surface area contributed by atoms with Crippen LogP contribution in [-0.2, 0) is 0 Å². The van der Waals surface area contributed by atoms with Crippen LogP contribution in [0.25, 0.3) is 0 Å². The number of rotatable bonds is 5. The molecule has 0 spiro atoms. The van der Waals surface area contributed by atoms with Crippen LogP contribution in [0, 0.1) is 5.92 Å². The predicted octanol–water partition coefficient (Wildman–Crippen LogP) is 2.35. The molecule has 1 atom stereocenters. The van der Waals surface area contributed by atoms with E-state index in [1.54, 1.807) is 11.3 Å². The van der Waals surface area contributed by atoms with Crippen molar-refractivity contribution in [1.29, 1.82) is 0 Å². The van der Waals surface area contributed by atoms with Gasteiger partial charge in [-0.25, -0.2) is 5.10 Å². The third-order valence-electron chi connectivity index (χ3n) is 2.81. The van der Waals surface area contributed by atoms with Crippen LogP contribution in [0.3, 0.4) is 0 Å². The molecule has 0 bridgehead atoms. The van der Waals surface area contributed by atoms with Crippen molar-refractivity contribution >= 4 is 17.2 Å². The van der Waals surface area contributed by atoms with E-state index in [2.05, 4.69) is 29.4 Å². The van der Waals surface area contributed by atoms with Crippen LogP contribution in [0.4, 0.5) is 0 Å². The minimum Gasteiger partial charge on any atom is -0.343 e. The first kappa shape index (κ1) is 14.5. The third kappa shape index (κ3) is 3.77. The molecule has 106 valence electrons. The minimum absolute atomic E-state index is 0.0313. The van der Waals surface area contributed by atoms with Crippen LogP contribution in [0.5, 0.6) is 0 Å². The number of hydrogen-bond acceptors (Lipinski definition) is 4. The van der Waals surface area contributed by atoms with Crippen LogP contribution < -0.4 is 10.9 Å². The molecule has 0 aliphatic heterocycles. The van der Waals surface area contributed by atoms with E-state index in [0.717, 1.165) is 11.3 Å². The SMILES string of the molecule is CC(C)CC(NC(=O)c1ccc(=O)[nH]n1)c1cccs1. The summed E-state index contributed by atoms with van der Waals surface area (Å²) in [6, 6.07) is 6.67. The smallest absolute Gasteiger partial charge is 0.272 e. The van der Waals surface area contributed by atoms with E-state index in [1.165, 1.54) is 12.1 Å². The Morgan fingerprint density at radius 3 is 2.75 bits per heavy atom. The molecule has 5 nitrogen and oxygen atoms in total. The van der Waals surface area contributed by atoms with Crippen molar-refractivity contribution in [1.82, 2.24) is 15.5 Å². The predicted molar refractivity (Wildman–Crippen MR) is 78.8 cm³/mol. The second kappa shape index (κ2) is 6.47. The van der Waals surface area contributed by atoms with Crippen LogP contribution in [0.15, 0.2) is 34.4 Å². The first-order valence-corrected chi connectivity index (χ1v) is 7.34. The maximum atomic E-state index is 12.2. The number of aromatic amines is 1. The van der Waals surface area contributed by atoms with Gasteiger partial charge >= 0.3 is 0 Å². The van der Waals surface area contributed by atoms with Crippen molar-refractivity contribution in [3.63, 3.8) is 0 Å². The van der Waals surface area contributed by atoms with E-state index >= 15 is 0 Å². The van der Waals surface area contributed by atoms with Gasteiger partial charge in [-0.1, -0.05) is 19.9 Å². The standard InChI is InChI=1S/C14H17N3O2S/c1-9(2)8-11(12-4-3-7-20-12)15-14(19)10-5-6-13(18)17-16-10/h3-7,9,11H,8H2,1-2H3,(H,15,19)(H,17,18). The average Bonchev–Trinajstić information content (AvgIpc) is 2.92. The molecule has 1 unspecified atom stereocenters. The fourth-order valence-electron chi connectivity index (χ4n) is 1.91. The molecule has 0 saturated carbocycles. The Bertz CT molecular complexity index is 599. The molecule has 0 aromatic carbocycles. The Morgan fingerprint density at radius 1 is 1.40 bits per heavy atom. The average molecular weight is 291 g/mol. The molecule has 2 N–H and O–H groups in total. The van der Waals surface area contributed by atoms with Gasteiger partial charge in [-0.2, -0.15) is 5.10 Å². The lowest BCUT2D eigenvalue weighted by Crippen LogP contribution is -2.30. The Morgan fingerprint density at radius 2 is 2.20 bits per heavy atom. The molecule has 20 heavy (non-hydrogen) atoms. The summed E-state index contributed by atoms with van der Waals surface area (Å²) in [7, 11) is 0. The summed E-state index contributed by atoms with van der Waals surface area (Å²) in [4.78, 5) is 24.2. The van der Waals surface area contributed by atoms with E-state index < -0.39 is 0 Å². The number of aromatic nitrogens is 2. The summed E-state index contributed by atoms with van der Waals surface area (Å²) in [5.74, 6) is 0.186. The molecule has 2 aromatic rings. The number of thiophene rings is 1. The molecule has 0 saturated heterocycles. The van der Waals surface area contributed by atoms with Gasteiger partial charge in [0.25, 0.3) is 11.5 Å². The Balaban J connectivity index is 2.13. The quantitative estimate of drug-likeness (QED) is 0.888. The minimum atomic E-state index is -0.321. The number of nitrogens with one attached hydrogen (secondary N) is 2. The highest BCUT2D eigenvalue weighted by atomic mass is 32.1. The van der Waals surface area contributed by atoms with Gasteiger partial charge in [0, 0.05) is 10.9 Å². The zero-order valence-electron chi connectivity index (χ0n) is 11.4. The molecule has 0 fully saturated rings. The van der Waals surface area contributed by atoms with E-state index in [1.807, 2.05) is 17.5 Å². The van der Waals surface area contributed by atoms with Crippen molar-refractivity contribution in [2.24, 2.45) is 5.92 Å². The topological polar surface area (TPSA) is 74.8 Å². The highest BCUT2D eigenvalue weighted by Gasteiger charge is 2.18. The molecular formula is C14H17N3O2S. The first-order chi connectivity index (χ1) is 9.56. The highest BCUT2D eigenvalue weighted by molar-refractivity contribution is 7.10. The van der Waals surface area contributed by atoms with Gasteiger partial charge in [-0.3, -0.25) is 9.59 Å². The van der Waals surface area contributed by atoms with Crippen LogP contribution in [-0.4, -0.2) is 16.1 Å². The lowest BCUT2D eigenvalue weighted by Gasteiger charge is -2.19. The van der Waals surface area contributed by atoms with Crippen molar-refractivity contribution in [3.8, 4) is 0 Å². The Labute approximate surface area is 121 Å². The molecule has 2 heterocycles. The van der Waals surface area contributed by atoms with Crippen molar-refractivity contribution in [3.05, 3.63) is 50.6 Å². The van der Waals surface area contributed by atoms with Gasteiger partial charge in [-0.15, -0.1) is 11.3 Å². The molecular weight excluding hydrogens is 274 g/mol. The Kier molecular flexibility index (Phi) is 4.68. The summed E-state index contributed by atoms with van der Waals surface area (Å²) in [5, 5.41) is 11.0. The van der Waals surface area contributed by atoms with Gasteiger partial charge < -0.3 is 5.32 Å². The molecule has 2 aromatic heterocycles. The molecule has 6 heteroatoms. The van der Waals surface area contributed by atoms with Crippen LogP contribution in [0.1, 0.15) is 41.7 Å². The zero-order valence-corrected chi connectivity index (χ0v) is 12.2. The second-order valence-electron chi connectivity index (χ2n) is 4.98. The normalized spacial score (nSPS) is 12.3. The monoisotopic (exact) mass is 291 g/mol.